The molecule has 1 aromatic rings. The average Bonchev–Trinajstić information content (AvgIpc) is 2.53. The Hall–Kier alpha value is -1.19. The van der Waals surface area contributed by atoms with Crippen LogP contribution in [0.2, 0.25) is 5.02 Å². The molecule has 0 atom stereocenters. The van der Waals surface area contributed by atoms with E-state index in [4.69, 9.17) is 21.1 Å². The maximum atomic E-state index is 12.0. The van der Waals surface area contributed by atoms with E-state index < -0.39 is 16.3 Å². The molecule has 0 heterocycles. The first-order valence-corrected chi connectivity index (χ1v) is 9.50. The Bertz CT molecular complexity index is 601. The van der Waals surface area contributed by atoms with E-state index in [9.17, 15) is 13.2 Å². The fourth-order valence-electron chi connectivity index (χ4n) is 1.82. The first-order chi connectivity index (χ1) is 11.4. The molecule has 1 aromatic carbocycles. The number of nitrogens with one attached hydrogen (secondary N) is 2. The lowest BCUT2D eigenvalue weighted by atomic mass is 10.4. The maximum Gasteiger partial charge on any atom is 0.240 e. The van der Waals surface area contributed by atoms with E-state index in [0.29, 0.717) is 18.2 Å². The van der Waals surface area contributed by atoms with Gasteiger partial charge in [0.25, 0.3) is 0 Å². The average molecular weight is 379 g/mol. The van der Waals surface area contributed by atoms with Crippen LogP contribution in [-0.4, -0.2) is 46.9 Å². The molecule has 0 saturated heterocycles. The monoisotopic (exact) mass is 378 g/mol. The SMILES string of the molecule is CCOC(CNC(=O)CCNS(=O)(=O)c1ccc(Cl)cc1)OCC. The Morgan fingerprint density at radius 1 is 1.17 bits per heavy atom. The summed E-state index contributed by atoms with van der Waals surface area (Å²) in [7, 11) is -3.66. The molecule has 0 bridgehead atoms. The van der Waals surface area contributed by atoms with Crippen molar-refractivity contribution in [2.75, 3.05) is 26.3 Å². The van der Waals surface area contributed by atoms with Crippen molar-refractivity contribution in [3.8, 4) is 0 Å². The molecule has 0 spiro atoms. The molecule has 7 nitrogen and oxygen atoms in total. The molecule has 0 aliphatic carbocycles. The Kier molecular flexibility index (Phi) is 9.24. The first kappa shape index (κ1) is 20.9. The third-order valence-electron chi connectivity index (χ3n) is 2.94. The summed E-state index contributed by atoms with van der Waals surface area (Å²) in [5, 5.41) is 3.10. The number of sulfonamides is 1. The number of amides is 1. The lowest BCUT2D eigenvalue weighted by molar-refractivity contribution is -0.140. The third kappa shape index (κ3) is 7.59. The van der Waals surface area contributed by atoms with Gasteiger partial charge in [-0.15, -0.1) is 0 Å². The molecule has 0 unspecified atom stereocenters. The molecule has 0 aliphatic rings. The van der Waals surface area contributed by atoms with Crippen LogP contribution in [0, 0.1) is 0 Å². The Morgan fingerprint density at radius 2 is 1.75 bits per heavy atom. The van der Waals surface area contributed by atoms with Gasteiger partial charge < -0.3 is 14.8 Å². The highest BCUT2D eigenvalue weighted by molar-refractivity contribution is 7.89. The van der Waals surface area contributed by atoms with Gasteiger partial charge in [0.2, 0.25) is 15.9 Å². The second kappa shape index (κ2) is 10.6. The van der Waals surface area contributed by atoms with Crippen molar-refractivity contribution in [3.05, 3.63) is 29.3 Å². The number of hydrogen-bond acceptors (Lipinski definition) is 5. The topological polar surface area (TPSA) is 93.7 Å². The van der Waals surface area contributed by atoms with Gasteiger partial charge in [0.05, 0.1) is 11.4 Å². The second-order valence-corrected chi connectivity index (χ2v) is 6.95. The summed E-state index contributed by atoms with van der Waals surface area (Å²) in [6, 6.07) is 5.79. The predicted molar refractivity (Wildman–Crippen MR) is 91.3 cm³/mol. The van der Waals surface area contributed by atoms with Crippen LogP contribution in [0.3, 0.4) is 0 Å². The minimum absolute atomic E-state index is 0.00920. The maximum absolute atomic E-state index is 12.0. The molecule has 0 aromatic heterocycles. The van der Waals surface area contributed by atoms with E-state index in [1.165, 1.54) is 24.3 Å². The lowest BCUT2D eigenvalue weighted by Gasteiger charge is -2.17. The number of halogens is 1. The normalized spacial score (nSPS) is 11.7. The number of rotatable bonds is 11. The number of ether oxygens (including phenoxy) is 2. The fraction of sp³-hybridized carbons (Fsp3) is 0.533. The highest BCUT2D eigenvalue weighted by atomic mass is 35.5. The van der Waals surface area contributed by atoms with E-state index in [0.717, 1.165) is 0 Å². The fourth-order valence-corrected chi connectivity index (χ4v) is 2.98. The van der Waals surface area contributed by atoms with Crippen LogP contribution in [0.1, 0.15) is 20.3 Å². The number of benzene rings is 1. The van der Waals surface area contributed by atoms with Gasteiger partial charge in [-0.25, -0.2) is 13.1 Å². The van der Waals surface area contributed by atoms with Crippen LogP contribution < -0.4 is 10.0 Å². The van der Waals surface area contributed by atoms with Gasteiger partial charge in [0, 0.05) is 31.2 Å². The van der Waals surface area contributed by atoms with Crippen LogP contribution in [0.15, 0.2) is 29.2 Å². The van der Waals surface area contributed by atoms with Crippen LogP contribution in [0.25, 0.3) is 0 Å². The van der Waals surface area contributed by atoms with Gasteiger partial charge in [-0.2, -0.15) is 0 Å². The molecule has 1 rings (SSSR count). The summed E-state index contributed by atoms with van der Waals surface area (Å²) >= 11 is 5.72. The smallest absolute Gasteiger partial charge is 0.240 e. The van der Waals surface area contributed by atoms with Crippen molar-refractivity contribution in [2.24, 2.45) is 0 Å². The summed E-state index contributed by atoms with van der Waals surface area (Å²) in [4.78, 5) is 11.8. The third-order valence-corrected chi connectivity index (χ3v) is 4.67. The number of hydrogen-bond donors (Lipinski definition) is 2. The van der Waals surface area contributed by atoms with Crippen LogP contribution >= 0.6 is 11.6 Å². The van der Waals surface area contributed by atoms with Gasteiger partial charge in [-0.3, -0.25) is 4.79 Å². The molecular weight excluding hydrogens is 356 g/mol. The Morgan fingerprint density at radius 3 is 2.29 bits per heavy atom. The van der Waals surface area contributed by atoms with E-state index in [1.807, 2.05) is 13.8 Å². The molecule has 1 amide bonds. The van der Waals surface area contributed by atoms with Gasteiger partial charge in [-0.1, -0.05) is 11.6 Å². The van der Waals surface area contributed by atoms with Crippen LogP contribution in [0.4, 0.5) is 0 Å². The van der Waals surface area contributed by atoms with Crippen molar-refractivity contribution in [3.63, 3.8) is 0 Å². The number of carbonyl (C=O) groups excluding carboxylic acids is 1. The number of carbonyl (C=O) groups is 1. The van der Waals surface area contributed by atoms with E-state index in [1.54, 1.807) is 0 Å². The van der Waals surface area contributed by atoms with Crippen molar-refractivity contribution in [2.45, 2.75) is 31.5 Å². The van der Waals surface area contributed by atoms with E-state index in [-0.39, 0.29) is 30.3 Å². The van der Waals surface area contributed by atoms with Crippen molar-refractivity contribution < 1.29 is 22.7 Å². The molecule has 0 fully saturated rings. The minimum Gasteiger partial charge on any atom is -0.351 e. The zero-order valence-corrected chi connectivity index (χ0v) is 15.3. The molecule has 0 saturated carbocycles. The van der Waals surface area contributed by atoms with Crippen molar-refractivity contribution in [1.29, 1.82) is 0 Å². The second-order valence-electron chi connectivity index (χ2n) is 4.75. The van der Waals surface area contributed by atoms with Gasteiger partial charge >= 0.3 is 0 Å². The van der Waals surface area contributed by atoms with Crippen molar-refractivity contribution in [1.82, 2.24) is 10.0 Å². The quantitative estimate of drug-likeness (QED) is 0.569. The van der Waals surface area contributed by atoms with Crippen molar-refractivity contribution >= 4 is 27.5 Å². The largest absolute Gasteiger partial charge is 0.351 e. The van der Waals surface area contributed by atoms with Crippen LogP contribution in [0.5, 0.6) is 0 Å². The zero-order valence-electron chi connectivity index (χ0n) is 13.7. The van der Waals surface area contributed by atoms with Gasteiger partial charge in [-0.05, 0) is 38.1 Å². The standard InChI is InChI=1S/C15H23ClN2O5S/c1-3-22-15(23-4-2)11-17-14(19)9-10-18-24(20,21)13-7-5-12(16)6-8-13/h5-8,15,18H,3-4,9-11H2,1-2H3,(H,17,19). The summed E-state index contributed by atoms with van der Waals surface area (Å²) in [6.07, 6.45) is -0.493. The lowest BCUT2D eigenvalue weighted by Crippen LogP contribution is -2.37. The zero-order chi connectivity index (χ0) is 18.0. The summed E-state index contributed by atoms with van der Waals surface area (Å²) in [5.41, 5.74) is 0. The Labute approximate surface area is 147 Å². The minimum atomic E-state index is -3.66. The Balaban J connectivity index is 2.37. The molecule has 2 N–H and O–H groups in total. The molecular formula is C15H23ClN2O5S. The molecule has 136 valence electrons. The molecule has 0 radical (unpaired) electrons. The van der Waals surface area contributed by atoms with E-state index in [2.05, 4.69) is 10.0 Å². The summed E-state index contributed by atoms with van der Waals surface area (Å²) in [6.45, 7) is 4.82. The summed E-state index contributed by atoms with van der Waals surface area (Å²) < 4.78 is 37.0. The molecule has 9 heteroatoms. The molecule has 0 aliphatic heterocycles. The first-order valence-electron chi connectivity index (χ1n) is 7.64. The summed E-state index contributed by atoms with van der Waals surface area (Å²) in [5.74, 6) is -0.293. The molecule has 24 heavy (non-hydrogen) atoms. The van der Waals surface area contributed by atoms with Gasteiger partial charge in [0.1, 0.15) is 0 Å². The highest BCUT2D eigenvalue weighted by Gasteiger charge is 2.14. The highest BCUT2D eigenvalue weighted by Crippen LogP contribution is 2.13. The van der Waals surface area contributed by atoms with Crippen LogP contribution in [-0.2, 0) is 24.3 Å². The van der Waals surface area contributed by atoms with E-state index >= 15 is 0 Å². The van der Waals surface area contributed by atoms with Gasteiger partial charge in [0.15, 0.2) is 6.29 Å². The predicted octanol–water partition coefficient (Wildman–Crippen LogP) is 1.52.